The summed E-state index contributed by atoms with van der Waals surface area (Å²) in [4.78, 5) is 24.7. The standard InChI is InChI=1S/C22H21ClO6/c1-13(2)11-27-22(25)14(3)28-15-8-9-16-19(10-15)26-12-20(21(16)24)29-18-7-5-4-6-17(18)23/h4-10,12-14H,11H2,1-3H3. The summed E-state index contributed by atoms with van der Waals surface area (Å²) < 4.78 is 21.9. The Hall–Kier alpha value is -2.99. The van der Waals surface area contributed by atoms with Crippen molar-refractivity contribution in [2.24, 2.45) is 5.92 Å². The Labute approximate surface area is 172 Å². The molecule has 0 saturated carbocycles. The lowest BCUT2D eigenvalue weighted by molar-refractivity contribution is -0.152. The minimum Gasteiger partial charge on any atom is -0.479 e. The zero-order valence-corrected chi connectivity index (χ0v) is 17.1. The summed E-state index contributed by atoms with van der Waals surface area (Å²) in [7, 11) is 0. The van der Waals surface area contributed by atoms with Crippen LogP contribution in [0.2, 0.25) is 5.02 Å². The van der Waals surface area contributed by atoms with E-state index in [1.54, 1.807) is 49.4 Å². The van der Waals surface area contributed by atoms with Gasteiger partial charge < -0.3 is 18.6 Å². The highest BCUT2D eigenvalue weighted by Gasteiger charge is 2.18. The third kappa shape index (κ3) is 5.09. The van der Waals surface area contributed by atoms with E-state index in [9.17, 15) is 9.59 Å². The largest absolute Gasteiger partial charge is 0.479 e. The second kappa shape index (κ2) is 9.01. The lowest BCUT2D eigenvalue weighted by Crippen LogP contribution is -2.27. The maximum Gasteiger partial charge on any atom is 0.347 e. The summed E-state index contributed by atoms with van der Waals surface area (Å²) in [6.45, 7) is 5.83. The molecule has 0 aliphatic heterocycles. The fourth-order valence-electron chi connectivity index (χ4n) is 2.50. The van der Waals surface area contributed by atoms with Crippen LogP contribution in [0.1, 0.15) is 20.8 Å². The number of carbonyl (C=O) groups is 1. The number of fused-ring (bicyclic) bond motifs is 1. The van der Waals surface area contributed by atoms with E-state index in [-0.39, 0.29) is 17.1 Å². The van der Waals surface area contributed by atoms with Crippen LogP contribution in [-0.4, -0.2) is 18.7 Å². The van der Waals surface area contributed by atoms with Gasteiger partial charge in [0.2, 0.25) is 11.2 Å². The van der Waals surface area contributed by atoms with Gasteiger partial charge in [0.05, 0.1) is 17.0 Å². The SMILES string of the molecule is CC(C)COC(=O)C(C)Oc1ccc2c(=O)c(Oc3ccccc3Cl)coc2c1. The van der Waals surface area contributed by atoms with Gasteiger partial charge in [-0.1, -0.05) is 37.6 Å². The van der Waals surface area contributed by atoms with E-state index < -0.39 is 12.1 Å². The van der Waals surface area contributed by atoms with Crippen LogP contribution < -0.4 is 14.9 Å². The molecule has 0 aliphatic rings. The van der Waals surface area contributed by atoms with Crippen LogP contribution in [0.5, 0.6) is 17.2 Å². The van der Waals surface area contributed by atoms with E-state index in [0.29, 0.717) is 34.1 Å². The average molecular weight is 417 g/mol. The molecule has 0 amide bonds. The third-order valence-electron chi connectivity index (χ3n) is 3.97. The van der Waals surface area contributed by atoms with Crippen molar-refractivity contribution in [2.45, 2.75) is 26.9 Å². The summed E-state index contributed by atoms with van der Waals surface area (Å²) in [5, 5.41) is 0.700. The molecule has 0 aliphatic carbocycles. The van der Waals surface area contributed by atoms with Crippen molar-refractivity contribution in [1.29, 1.82) is 0 Å². The molecule has 1 unspecified atom stereocenters. The van der Waals surface area contributed by atoms with Crippen molar-refractivity contribution in [3.8, 4) is 17.2 Å². The summed E-state index contributed by atoms with van der Waals surface area (Å²) in [5.74, 6) is 0.542. The maximum absolute atomic E-state index is 12.7. The van der Waals surface area contributed by atoms with Crippen molar-refractivity contribution in [3.05, 3.63) is 64.0 Å². The predicted octanol–water partition coefficient (Wildman–Crippen LogP) is 5.21. The van der Waals surface area contributed by atoms with Crippen molar-refractivity contribution in [3.63, 3.8) is 0 Å². The number of ether oxygens (including phenoxy) is 3. The number of para-hydroxylation sites is 1. The van der Waals surface area contributed by atoms with Gasteiger partial charge in [-0.3, -0.25) is 4.79 Å². The summed E-state index contributed by atoms with van der Waals surface area (Å²) >= 11 is 6.07. The van der Waals surface area contributed by atoms with E-state index in [1.807, 2.05) is 13.8 Å². The zero-order chi connectivity index (χ0) is 21.0. The van der Waals surface area contributed by atoms with Crippen molar-refractivity contribution in [1.82, 2.24) is 0 Å². The van der Waals surface area contributed by atoms with Crippen LogP contribution >= 0.6 is 11.6 Å². The minimum absolute atomic E-state index is 0.0184. The first kappa shape index (κ1) is 20.7. The minimum atomic E-state index is -0.791. The van der Waals surface area contributed by atoms with E-state index in [1.165, 1.54) is 6.26 Å². The van der Waals surface area contributed by atoms with Crippen LogP contribution in [-0.2, 0) is 9.53 Å². The summed E-state index contributed by atoms with van der Waals surface area (Å²) in [6, 6.07) is 11.5. The Morgan fingerprint density at radius 3 is 2.59 bits per heavy atom. The Balaban J connectivity index is 1.78. The molecule has 0 radical (unpaired) electrons. The van der Waals surface area contributed by atoms with Gasteiger partial charge in [-0.15, -0.1) is 0 Å². The number of benzene rings is 2. The van der Waals surface area contributed by atoms with Crippen LogP contribution in [0, 0.1) is 5.92 Å². The molecule has 0 spiro atoms. The lowest BCUT2D eigenvalue weighted by atomic mass is 10.2. The fraction of sp³-hybridized carbons (Fsp3) is 0.273. The zero-order valence-electron chi connectivity index (χ0n) is 16.3. The monoisotopic (exact) mass is 416 g/mol. The molecule has 2 aromatic carbocycles. The second-order valence-corrected chi connectivity index (χ2v) is 7.31. The first-order valence-electron chi connectivity index (χ1n) is 9.16. The molecule has 6 nitrogen and oxygen atoms in total. The number of hydrogen-bond donors (Lipinski definition) is 0. The first-order chi connectivity index (χ1) is 13.8. The number of halogens is 1. The van der Waals surface area contributed by atoms with Gasteiger partial charge in [-0.25, -0.2) is 4.79 Å². The van der Waals surface area contributed by atoms with Crippen molar-refractivity contribution in [2.75, 3.05) is 6.61 Å². The molecule has 7 heteroatoms. The highest BCUT2D eigenvalue weighted by atomic mass is 35.5. The van der Waals surface area contributed by atoms with E-state index in [2.05, 4.69) is 0 Å². The van der Waals surface area contributed by atoms with Crippen LogP contribution in [0.3, 0.4) is 0 Å². The molecule has 1 atom stereocenters. The average Bonchev–Trinajstić information content (AvgIpc) is 2.69. The van der Waals surface area contributed by atoms with Crippen LogP contribution in [0.4, 0.5) is 0 Å². The van der Waals surface area contributed by atoms with Crippen molar-refractivity contribution >= 4 is 28.5 Å². The number of hydrogen-bond acceptors (Lipinski definition) is 6. The van der Waals surface area contributed by atoms with Crippen LogP contribution in [0.25, 0.3) is 11.0 Å². The predicted molar refractivity (Wildman–Crippen MR) is 110 cm³/mol. The normalized spacial score (nSPS) is 12.0. The number of rotatable bonds is 7. The third-order valence-corrected chi connectivity index (χ3v) is 4.29. The summed E-state index contributed by atoms with van der Waals surface area (Å²) in [6.07, 6.45) is 0.429. The highest BCUT2D eigenvalue weighted by molar-refractivity contribution is 6.32. The maximum atomic E-state index is 12.7. The molecular formula is C22H21ClO6. The smallest absolute Gasteiger partial charge is 0.347 e. The Kier molecular flexibility index (Phi) is 6.44. The number of esters is 1. The molecule has 1 aromatic heterocycles. The van der Waals surface area contributed by atoms with Gasteiger partial charge in [0.15, 0.2) is 6.10 Å². The Morgan fingerprint density at radius 2 is 1.86 bits per heavy atom. The van der Waals surface area contributed by atoms with Gasteiger partial charge >= 0.3 is 5.97 Å². The molecule has 29 heavy (non-hydrogen) atoms. The molecule has 152 valence electrons. The molecule has 3 aromatic rings. The fourth-order valence-corrected chi connectivity index (χ4v) is 2.67. The van der Waals surface area contributed by atoms with E-state index in [4.69, 9.17) is 30.2 Å². The Morgan fingerprint density at radius 1 is 1.10 bits per heavy atom. The topological polar surface area (TPSA) is 75.0 Å². The first-order valence-corrected chi connectivity index (χ1v) is 9.54. The second-order valence-electron chi connectivity index (χ2n) is 6.90. The quantitative estimate of drug-likeness (QED) is 0.492. The van der Waals surface area contributed by atoms with Crippen molar-refractivity contribution < 1.29 is 23.4 Å². The lowest BCUT2D eigenvalue weighted by Gasteiger charge is -2.15. The number of carbonyl (C=O) groups excluding carboxylic acids is 1. The van der Waals surface area contributed by atoms with Gasteiger partial charge in [-0.05, 0) is 37.1 Å². The molecule has 1 heterocycles. The van der Waals surface area contributed by atoms with E-state index >= 15 is 0 Å². The van der Waals surface area contributed by atoms with Gasteiger partial charge in [0.25, 0.3) is 0 Å². The van der Waals surface area contributed by atoms with Gasteiger partial charge in [0.1, 0.15) is 23.3 Å². The molecule has 0 bridgehead atoms. The molecular weight excluding hydrogens is 396 g/mol. The molecule has 0 N–H and O–H groups in total. The highest BCUT2D eigenvalue weighted by Crippen LogP contribution is 2.29. The van der Waals surface area contributed by atoms with Crippen LogP contribution in [0.15, 0.2) is 57.9 Å². The molecule has 0 fully saturated rings. The Bertz CT molecular complexity index is 1070. The van der Waals surface area contributed by atoms with Gasteiger partial charge in [-0.2, -0.15) is 0 Å². The summed E-state index contributed by atoms with van der Waals surface area (Å²) in [5.41, 5.74) is -0.0381. The van der Waals surface area contributed by atoms with E-state index in [0.717, 1.165) is 0 Å². The molecule has 0 saturated heterocycles. The molecule has 3 rings (SSSR count). The van der Waals surface area contributed by atoms with Gasteiger partial charge in [0, 0.05) is 6.07 Å².